The van der Waals surface area contributed by atoms with Crippen LogP contribution in [-0.2, 0) is 16.0 Å². The molecular formula is C20H23N3O3. The Bertz CT molecular complexity index is 758. The number of nitrogens with zero attached hydrogens (tertiary/aromatic N) is 2. The molecule has 136 valence electrons. The Morgan fingerprint density at radius 2 is 2.08 bits per heavy atom. The van der Waals surface area contributed by atoms with E-state index in [1.165, 1.54) is 11.0 Å². The van der Waals surface area contributed by atoms with E-state index in [0.29, 0.717) is 18.7 Å². The van der Waals surface area contributed by atoms with E-state index in [4.69, 9.17) is 4.74 Å². The average Bonchev–Trinajstić information content (AvgIpc) is 2.65. The molecule has 2 rings (SSSR count). The fraction of sp³-hybridized carbons (Fsp3) is 0.250. The van der Waals surface area contributed by atoms with E-state index in [1.54, 1.807) is 32.6 Å². The van der Waals surface area contributed by atoms with Gasteiger partial charge in [-0.2, -0.15) is 0 Å². The number of carbonyl (C=O) groups excluding carboxylic acids is 2. The fourth-order valence-electron chi connectivity index (χ4n) is 2.10. The number of amides is 2. The maximum atomic E-state index is 11.8. The highest BCUT2D eigenvalue weighted by Gasteiger charge is 2.05. The van der Waals surface area contributed by atoms with Crippen molar-refractivity contribution in [2.75, 3.05) is 27.2 Å². The van der Waals surface area contributed by atoms with Crippen molar-refractivity contribution in [1.29, 1.82) is 0 Å². The number of benzene rings is 1. The van der Waals surface area contributed by atoms with Gasteiger partial charge in [-0.1, -0.05) is 18.2 Å². The molecule has 0 spiro atoms. The second-order valence-electron chi connectivity index (χ2n) is 5.88. The lowest BCUT2D eigenvalue weighted by Crippen LogP contribution is -2.27. The lowest BCUT2D eigenvalue weighted by Gasteiger charge is -2.12. The zero-order valence-corrected chi connectivity index (χ0v) is 15.0. The Kier molecular flexibility index (Phi) is 7.36. The Hall–Kier alpha value is -3.15. The molecule has 1 aromatic carbocycles. The lowest BCUT2D eigenvalue weighted by atomic mass is 10.1. The van der Waals surface area contributed by atoms with Crippen molar-refractivity contribution in [1.82, 2.24) is 15.2 Å². The molecule has 2 amide bonds. The summed E-state index contributed by atoms with van der Waals surface area (Å²) in [5, 5.41) is 2.84. The Labute approximate surface area is 153 Å². The molecule has 0 fully saturated rings. The van der Waals surface area contributed by atoms with Crippen LogP contribution in [0.4, 0.5) is 0 Å². The molecule has 6 heteroatoms. The van der Waals surface area contributed by atoms with Crippen LogP contribution in [-0.4, -0.2) is 48.9 Å². The first-order chi connectivity index (χ1) is 12.5. The number of ether oxygens (including phenoxy) is 1. The number of carbonyl (C=O) groups is 2. The smallest absolute Gasteiger partial charge is 0.259 e. The molecule has 0 radical (unpaired) electrons. The van der Waals surface area contributed by atoms with E-state index < -0.39 is 0 Å². The molecule has 1 aromatic heterocycles. The number of likely N-dealkylation sites (N-methyl/N-ethyl adjacent to an activating group) is 1. The molecular weight excluding hydrogens is 330 g/mol. The number of hydrogen-bond donors (Lipinski definition) is 1. The van der Waals surface area contributed by atoms with Crippen LogP contribution in [0.2, 0.25) is 0 Å². The Morgan fingerprint density at radius 3 is 2.81 bits per heavy atom. The van der Waals surface area contributed by atoms with Crippen LogP contribution in [0.3, 0.4) is 0 Å². The van der Waals surface area contributed by atoms with Gasteiger partial charge in [-0.3, -0.25) is 14.6 Å². The monoisotopic (exact) mass is 353 g/mol. The minimum atomic E-state index is -0.155. The summed E-state index contributed by atoms with van der Waals surface area (Å²) in [6.07, 6.45) is 7.26. The first-order valence-corrected chi connectivity index (χ1v) is 8.32. The largest absolute Gasteiger partial charge is 0.484 e. The third-order valence-corrected chi connectivity index (χ3v) is 3.58. The normalized spacial score (nSPS) is 10.5. The van der Waals surface area contributed by atoms with Crippen molar-refractivity contribution >= 4 is 17.9 Å². The maximum absolute atomic E-state index is 11.8. The van der Waals surface area contributed by atoms with Gasteiger partial charge >= 0.3 is 0 Å². The van der Waals surface area contributed by atoms with Gasteiger partial charge in [0.1, 0.15) is 5.75 Å². The third-order valence-electron chi connectivity index (χ3n) is 3.58. The molecule has 0 saturated heterocycles. The summed E-state index contributed by atoms with van der Waals surface area (Å²) in [6, 6.07) is 11.2. The SMILES string of the molecule is CN(C)C(=O)COc1cccc(CCNC(=O)C=Cc2cccnc2)c1. The second kappa shape index (κ2) is 9.98. The molecule has 26 heavy (non-hydrogen) atoms. The Balaban J connectivity index is 1.77. The third kappa shape index (κ3) is 6.76. The summed E-state index contributed by atoms with van der Waals surface area (Å²) in [5.74, 6) is 0.390. The van der Waals surface area contributed by atoms with Gasteiger partial charge in [-0.25, -0.2) is 0 Å². The first kappa shape index (κ1) is 19.2. The molecule has 0 aliphatic carbocycles. The molecule has 0 unspecified atom stereocenters. The van der Waals surface area contributed by atoms with E-state index in [1.807, 2.05) is 36.4 Å². The standard InChI is InChI=1S/C20H23N3O3/c1-23(2)20(25)15-26-18-7-3-5-16(13-18)10-12-22-19(24)9-8-17-6-4-11-21-14-17/h3-9,11,13-14H,10,12,15H2,1-2H3,(H,22,24). The summed E-state index contributed by atoms with van der Waals surface area (Å²) in [5.41, 5.74) is 1.90. The first-order valence-electron chi connectivity index (χ1n) is 8.32. The lowest BCUT2D eigenvalue weighted by molar-refractivity contribution is -0.130. The van der Waals surface area contributed by atoms with Gasteiger partial charge in [-0.05, 0) is 41.8 Å². The highest BCUT2D eigenvalue weighted by molar-refractivity contribution is 5.91. The summed E-state index contributed by atoms with van der Waals surface area (Å²) in [6.45, 7) is 0.516. The molecule has 0 atom stereocenters. The van der Waals surface area contributed by atoms with Gasteiger partial charge in [0.25, 0.3) is 5.91 Å². The summed E-state index contributed by atoms with van der Waals surface area (Å²) in [4.78, 5) is 28.9. The molecule has 6 nitrogen and oxygen atoms in total. The summed E-state index contributed by atoms with van der Waals surface area (Å²) < 4.78 is 5.49. The number of pyridine rings is 1. The summed E-state index contributed by atoms with van der Waals surface area (Å²) in [7, 11) is 3.38. The summed E-state index contributed by atoms with van der Waals surface area (Å²) >= 11 is 0. The molecule has 2 aromatic rings. The highest BCUT2D eigenvalue weighted by Crippen LogP contribution is 2.13. The Morgan fingerprint density at radius 1 is 1.23 bits per heavy atom. The van der Waals surface area contributed by atoms with Crippen LogP contribution < -0.4 is 10.1 Å². The van der Waals surface area contributed by atoms with E-state index >= 15 is 0 Å². The van der Waals surface area contributed by atoms with Crippen molar-refractivity contribution in [2.24, 2.45) is 0 Å². The topological polar surface area (TPSA) is 71.5 Å². The molecule has 0 bridgehead atoms. The quantitative estimate of drug-likeness (QED) is 0.736. The minimum absolute atomic E-state index is 0.00628. The predicted molar refractivity (Wildman–Crippen MR) is 101 cm³/mol. The number of hydrogen-bond acceptors (Lipinski definition) is 4. The van der Waals surface area contributed by atoms with Gasteiger partial charge in [0.15, 0.2) is 6.61 Å². The van der Waals surface area contributed by atoms with Gasteiger partial charge in [0.05, 0.1) is 0 Å². The molecule has 0 aliphatic heterocycles. The van der Waals surface area contributed by atoms with Gasteiger partial charge in [0, 0.05) is 39.1 Å². The van der Waals surface area contributed by atoms with E-state index in [9.17, 15) is 9.59 Å². The molecule has 0 saturated carbocycles. The van der Waals surface area contributed by atoms with E-state index in [-0.39, 0.29) is 18.4 Å². The molecule has 1 N–H and O–H groups in total. The van der Waals surface area contributed by atoms with Crippen molar-refractivity contribution in [2.45, 2.75) is 6.42 Å². The maximum Gasteiger partial charge on any atom is 0.259 e. The van der Waals surface area contributed by atoms with E-state index in [2.05, 4.69) is 10.3 Å². The van der Waals surface area contributed by atoms with Crippen molar-refractivity contribution in [3.63, 3.8) is 0 Å². The predicted octanol–water partition coefficient (Wildman–Crippen LogP) is 1.92. The van der Waals surface area contributed by atoms with Crippen LogP contribution >= 0.6 is 0 Å². The molecule has 0 aliphatic rings. The fourth-order valence-corrected chi connectivity index (χ4v) is 2.10. The zero-order chi connectivity index (χ0) is 18.8. The highest BCUT2D eigenvalue weighted by atomic mass is 16.5. The van der Waals surface area contributed by atoms with Gasteiger partial charge in [0.2, 0.25) is 5.91 Å². The van der Waals surface area contributed by atoms with Gasteiger partial charge < -0.3 is 15.0 Å². The van der Waals surface area contributed by atoms with Crippen LogP contribution in [0.25, 0.3) is 6.08 Å². The second-order valence-corrected chi connectivity index (χ2v) is 5.88. The zero-order valence-electron chi connectivity index (χ0n) is 15.0. The van der Waals surface area contributed by atoms with Crippen molar-refractivity contribution in [3.05, 3.63) is 66.0 Å². The van der Waals surface area contributed by atoms with Crippen LogP contribution in [0.15, 0.2) is 54.9 Å². The average molecular weight is 353 g/mol. The van der Waals surface area contributed by atoms with Crippen LogP contribution in [0.5, 0.6) is 5.75 Å². The van der Waals surface area contributed by atoms with Crippen molar-refractivity contribution in [3.8, 4) is 5.75 Å². The number of aromatic nitrogens is 1. The number of nitrogens with one attached hydrogen (secondary N) is 1. The molecule has 1 heterocycles. The van der Waals surface area contributed by atoms with Crippen LogP contribution in [0, 0.1) is 0 Å². The van der Waals surface area contributed by atoms with Crippen LogP contribution in [0.1, 0.15) is 11.1 Å². The minimum Gasteiger partial charge on any atom is -0.484 e. The van der Waals surface area contributed by atoms with E-state index in [0.717, 1.165) is 11.1 Å². The van der Waals surface area contributed by atoms with Gasteiger partial charge in [-0.15, -0.1) is 0 Å². The number of rotatable bonds is 8. The van der Waals surface area contributed by atoms with Crippen molar-refractivity contribution < 1.29 is 14.3 Å².